The highest BCUT2D eigenvalue weighted by Gasteiger charge is 2.35. The van der Waals surface area contributed by atoms with E-state index in [4.69, 9.17) is 9.84 Å². The Hall–Kier alpha value is -2.01. The first-order valence-electron chi connectivity index (χ1n) is 6.37. The standard InChI is InChI=1S/C16H15F3O2/c1-10-3-4-11(2)15(7-10)21-14-6-5-12(9-20)8-13(14)16(17,18)19/h3-8,20H,9H2,1-2H3. The van der Waals surface area contributed by atoms with Crippen molar-refractivity contribution in [1.29, 1.82) is 0 Å². The molecule has 0 unspecified atom stereocenters. The predicted octanol–water partition coefficient (Wildman–Crippen LogP) is 4.61. The molecular formula is C16H15F3O2. The average molecular weight is 296 g/mol. The number of hydrogen-bond acceptors (Lipinski definition) is 2. The number of hydrogen-bond donors (Lipinski definition) is 1. The van der Waals surface area contributed by atoms with Gasteiger partial charge in [-0.2, -0.15) is 13.2 Å². The number of benzene rings is 2. The summed E-state index contributed by atoms with van der Waals surface area (Å²) in [5.74, 6) is 0.116. The van der Waals surface area contributed by atoms with Crippen molar-refractivity contribution in [2.75, 3.05) is 0 Å². The van der Waals surface area contributed by atoms with Crippen molar-refractivity contribution in [3.8, 4) is 11.5 Å². The molecule has 2 aromatic rings. The molecule has 0 aliphatic heterocycles. The number of aliphatic hydroxyl groups is 1. The molecule has 112 valence electrons. The highest BCUT2D eigenvalue weighted by Crippen LogP contribution is 2.39. The zero-order chi connectivity index (χ0) is 15.6. The van der Waals surface area contributed by atoms with Gasteiger partial charge < -0.3 is 9.84 Å². The van der Waals surface area contributed by atoms with Gasteiger partial charge in [-0.05, 0) is 48.7 Å². The highest BCUT2D eigenvalue weighted by molar-refractivity contribution is 5.45. The lowest BCUT2D eigenvalue weighted by atomic mass is 10.1. The molecule has 2 rings (SSSR count). The maximum absolute atomic E-state index is 13.1. The molecule has 0 heterocycles. The summed E-state index contributed by atoms with van der Waals surface area (Å²) in [6.07, 6.45) is -4.54. The van der Waals surface area contributed by atoms with Crippen LogP contribution in [0.4, 0.5) is 13.2 Å². The van der Waals surface area contributed by atoms with Crippen molar-refractivity contribution in [2.24, 2.45) is 0 Å². The second-order valence-electron chi connectivity index (χ2n) is 4.86. The lowest BCUT2D eigenvalue weighted by Crippen LogP contribution is -2.08. The van der Waals surface area contributed by atoms with Gasteiger partial charge in [-0.25, -0.2) is 0 Å². The fourth-order valence-electron chi connectivity index (χ4n) is 1.92. The number of rotatable bonds is 3. The van der Waals surface area contributed by atoms with E-state index in [1.165, 1.54) is 12.1 Å². The van der Waals surface area contributed by atoms with Crippen molar-refractivity contribution >= 4 is 0 Å². The maximum atomic E-state index is 13.1. The van der Waals surface area contributed by atoms with Gasteiger partial charge in [-0.1, -0.05) is 18.2 Å². The van der Waals surface area contributed by atoms with Gasteiger partial charge in [-0.15, -0.1) is 0 Å². The molecule has 0 amide bonds. The van der Waals surface area contributed by atoms with Crippen molar-refractivity contribution < 1.29 is 23.0 Å². The molecule has 2 nitrogen and oxygen atoms in total. The van der Waals surface area contributed by atoms with E-state index in [2.05, 4.69) is 0 Å². The van der Waals surface area contributed by atoms with E-state index in [0.29, 0.717) is 5.75 Å². The summed E-state index contributed by atoms with van der Waals surface area (Å²) < 4.78 is 44.7. The molecule has 0 bridgehead atoms. The Balaban J connectivity index is 2.46. The normalized spacial score (nSPS) is 11.5. The van der Waals surface area contributed by atoms with E-state index >= 15 is 0 Å². The molecule has 0 spiro atoms. The van der Waals surface area contributed by atoms with Crippen LogP contribution in [0.2, 0.25) is 0 Å². The van der Waals surface area contributed by atoms with Crippen LogP contribution in [0.25, 0.3) is 0 Å². The number of ether oxygens (including phenoxy) is 1. The SMILES string of the molecule is Cc1ccc(C)c(Oc2ccc(CO)cc2C(F)(F)F)c1. The van der Waals surface area contributed by atoms with Crippen molar-refractivity contribution in [2.45, 2.75) is 26.6 Å². The van der Waals surface area contributed by atoms with E-state index in [1.54, 1.807) is 19.1 Å². The van der Waals surface area contributed by atoms with Crippen LogP contribution >= 0.6 is 0 Å². The molecule has 2 aromatic carbocycles. The maximum Gasteiger partial charge on any atom is 0.419 e. The minimum absolute atomic E-state index is 0.190. The second-order valence-corrected chi connectivity index (χ2v) is 4.86. The number of halogens is 3. The lowest BCUT2D eigenvalue weighted by molar-refractivity contribution is -0.138. The highest BCUT2D eigenvalue weighted by atomic mass is 19.4. The van der Waals surface area contributed by atoms with Gasteiger partial charge in [0, 0.05) is 0 Å². The smallest absolute Gasteiger partial charge is 0.419 e. The first-order chi connectivity index (χ1) is 9.81. The molecule has 0 aliphatic carbocycles. The first kappa shape index (κ1) is 15.4. The van der Waals surface area contributed by atoms with Gasteiger partial charge in [0.05, 0.1) is 12.2 Å². The monoisotopic (exact) mass is 296 g/mol. The Kier molecular flexibility index (Phi) is 4.23. The summed E-state index contributed by atoms with van der Waals surface area (Å²) in [5.41, 5.74) is 0.946. The Bertz CT molecular complexity index is 648. The molecule has 0 aliphatic rings. The minimum atomic E-state index is -4.54. The van der Waals surface area contributed by atoms with Crippen molar-refractivity contribution in [3.05, 3.63) is 58.7 Å². The fraction of sp³-hybridized carbons (Fsp3) is 0.250. The molecule has 0 saturated carbocycles. The summed E-state index contributed by atoms with van der Waals surface area (Å²) in [4.78, 5) is 0. The van der Waals surface area contributed by atoms with Crippen LogP contribution in [-0.4, -0.2) is 5.11 Å². The number of aryl methyl sites for hydroxylation is 2. The molecule has 0 atom stereocenters. The molecule has 21 heavy (non-hydrogen) atoms. The van der Waals surface area contributed by atoms with Crippen LogP contribution in [0.15, 0.2) is 36.4 Å². The molecule has 0 radical (unpaired) electrons. The van der Waals surface area contributed by atoms with Gasteiger partial charge in [0.25, 0.3) is 0 Å². The van der Waals surface area contributed by atoms with E-state index in [1.807, 2.05) is 13.0 Å². The number of aliphatic hydroxyl groups excluding tert-OH is 1. The van der Waals surface area contributed by atoms with E-state index in [9.17, 15) is 13.2 Å². The topological polar surface area (TPSA) is 29.5 Å². The summed E-state index contributed by atoms with van der Waals surface area (Å²) in [6.45, 7) is 3.16. The molecule has 0 fully saturated rings. The second kappa shape index (κ2) is 5.77. The Morgan fingerprint density at radius 2 is 1.71 bits per heavy atom. The summed E-state index contributed by atoms with van der Waals surface area (Å²) >= 11 is 0. The van der Waals surface area contributed by atoms with Gasteiger partial charge in [0.2, 0.25) is 0 Å². The number of alkyl halides is 3. The summed E-state index contributed by atoms with van der Waals surface area (Å²) in [7, 11) is 0. The van der Waals surface area contributed by atoms with Gasteiger partial charge in [0.15, 0.2) is 0 Å². The summed E-state index contributed by atoms with van der Waals surface area (Å²) in [6, 6.07) is 8.89. The molecule has 1 N–H and O–H groups in total. The zero-order valence-corrected chi connectivity index (χ0v) is 11.7. The lowest BCUT2D eigenvalue weighted by Gasteiger charge is -2.16. The van der Waals surface area contributed by atoms with Crippen LogP contribution in [-0.2, 0) is 12.8 Å². The van der Waals surface area contributed by atoms with Crippen molar-refractivity contribution in [1.82, 2.24) is 0 Å². The molecular weight excluding hydrogens is 281 g/mol. The van der Waals surface area contributed by atoms with Gasteiger partial charge >= 0.3 is 6.18 Å². The average Bonchev–Trinajstić information content (AvgIpc) is 2.42. The van der Waals surface area contributed by atoms with Crippen LogP contribution in [0, 0.1) is 13.8 Å². The van der Waals surface area contributed by atoms with Crippen LogP contribution in [0.1, 0.15) is 22.3 Å². The molecule has 0 saturated heterocycles. The molecule has 5 heteroatoms. The predicted molar refractivity (Wildman–Crippen MR) is 73.4 cm³/mol. The molecule has 0 aromatic heterocycles. The Labute approximate surface area is 120 Å². The summed E-state index contributed by atoms with van der Waals surface area (Å²) in [5, 5.41) is 8.98. The Morgan fingerprint density at radius 3 is 2.33 bits per heavy atom. The first-order valence-corrected chi connectivity index (χ1v) is 6.37. The van der Waals surface area contributed by atoms with Crippen LogP contribution < -0.4 is 4.74 Å². The third-order valence-electron chi connectivity index (χ3n) is 3.10. The fourth-order valence-corrected chi connectivity index (χ4v) is 1.92. The van der Waals surface area contributed by atoms with Crippen LogP contribution in [0.5, 0.6) is 11.5 Å². The van der Waals surface area contributed by atoms with E-state index in [0.717, 1.165) is 17.2 Å². The van der Waals surface area contributed by atoms with Crippen LogP contribution in [0.3, 0.4) is 0 Å². The van der Waals surface area contributed by atoms with Gasteiger partial charge in [-0.3, -0.25) is 0 Å². The Morgan fingerprint density at radius 1 is 1.00 bits per heavy atom. The van der Waals surface area contributed by atoms with E-state index < -0.39 is 18.3 Å². The third-order valence-corrected chi connectivity index (χ3v) is 3.10. The third kappa shape index (κ3) is 3.55. The zero-order valence-electron chi connectivity index (χ0n) is 11.7. The largest absolute Gasteiger partial charge is 0.456 e. The quantitative estimate of drug-likeness (QED) is 0.896. The minimum Gasteiger partial charge on any atom is -0.456 e. The van der Waals surface area contributed by atoms with E-state index in [-0.39, 0.29) is 11.3 Å². The van der Waals surface area contributed by atoms with Gasteiger partial charge in [0.1, 0.15) is 11.5 Å². The van der Waals surface area contributed by atoms with Crippen molar-refractivity contribution in [3.63, 3.8) is 0 Å².